The van der Waals surface area contributed by atoms with E-state index in [0.717, 1.165) is 16.7 Å². The van der Waals surface area contributed by atoms with Gasteiger partial charge < -0.3 is 14.4 Å². The van der Waals surface area contributed by atoms with Crippen LogP contribution in [0.25, 0.3) is 0 Å². The van der Waals surface area contributed by atoms with Crippen LogP contribution in [-0.4, -0.2) is 9.67 Å². The van der Waals surface area contributed by atoms with Gasteiger partial charge in [0.1, 0.15) is 6.61 Å². The first kappa shape index (κ1) is 18.0. The molecule has 0 aliphatic heterocycles. The predicted octanol–water partition coefficient (Wildman–Crippen LogP) is 3.78. The lowest BCUT2D eigenvalue weighted by Crippen LogP contribution is -2.17. The lowest BCUT2D eigenvalue weighted by molar-refractivity contribution is 0.154. The van der Waals surface area contributed by atoms with Crippen molar-refractivity contribution in [3.05, 3.63) is 99.5 Å². The zero-order valence-electron chi connectivity index (χ0n) is 15.1. The molecule has 0 saturated carbocycles. The van der Waals surface area contributed by atoms with Crippen LogP contribution in [0, 0.1) is 13.8 Å². The monoisotopic (exact) mass is 349 g/mol. The lowest BCUT2D eigenvalue weighted by atomic mass is 10.1. The molecule has 0 saturated heterocycles. The van der Waals surface area contributed by atoms with Crippen LogP contribution in [0.5, 0.6) is 5.75 Å². The third-order valence-electron chi connectivity index (χ3n) is 4.45. The molecule has 26 heavy (non-hydrogen) atoms. The van der Waals surface area contributed by atoms with Gasteiger partial charge in [0.15, 0.2) is 5.75 Å². The highest BCUT2D eigenvalue weighted by atomic mass is 16.5. The Morgan fingerprint density at radius 1 is 1.00 bits per heavy atom. The van der Waals surface area contributed by atoms with Crippen molar-refractivity contribution >= 4 is 0 Å². The Morgan fingerprint density at radius 3 is 2.38 bits per heavy atom. The molecule has 0 aliphatic carbocycles. The number of nitrogens with zero attached hydrogens (tertiary/aromatic N) is 1. The molecule has 1 aromatic heterocycles. The van der Waals surface area contributed by atoms with Crippen LogP contribution in [0.4, 0.5) is 0 Å². The molecule has 0 spiro atoms. The smallest absolute Gasteiger partial charge is 0.223 e. The van der Waals surface area contributed by atoms with Crippen LogP contribution in [0.15, 0.2) is 71.7 Å². The summed E-state index contributed by atoms with van der Waals surface area (Å²) in [6.45, 7) is 4.54. The van der Waals surface area contributed by atoms with Crippen LogP contribution < -0.4 is 10.2 Å². The van der Waals surface area contributed by atoms with Crippen molar-refractivity contribution in [2.24, 2.45) is 0 Å². The molecule has 3 aromatic rings. The number of rotatable bonds is 6. The van der Waals surface area contributed by atoms with E-state index in [2.05, 4.69) is 0 Å². The molecular weight excluding hydrogens is 326 g/mol. The normalized spacial score (nSPS) is 12.0. The minimum atomic E-state index is -0.654. The zero-order valence-corrected chi connectivity index (χ0v) is 15.1. The van der Waals surface area contributed by atoms with Crippen molar-refractivity contribution in [3.63, 3.8) is 0 Å². The summed E-state index contributed by atoms with van der Waals surface area (Å²) in [5.74, 6) is 0.326. The summed E-state index contributed by atoms with van der Waals surface area (Å²) in [5, 5.41) is 10.5. The summed E-state index contributed by atoms with van der Waals surface area (Å²) in [4.78, 5) is 12.2. The molecule has 4 nitrogen and oxygen atoms in total. The summed E-state index contributed by atoms with van der Waals surface area (Å²) in [6.07, 6.45) is 1.04. The van der Waals surface area contributed by atoms with E-state index in [1.54, 1.807) is 6.20 Å². The highest BCUT2D eigenvalue weighted by Gasteiger charge is 2.13. The van der Waals surface area contributed by atoms with Crippen LogP contribution in [0.3, 0.4) is 0 Å². The van der Waals surface area contributed by atoms with Gasteiger partial charge in [-0.2, -0.15) is 0 Å². The number of aromatic nitrogens is 1. The number of hydrogen-bond donors (Lipinski definition) is 1. The van der Waals surface area contributed by atoms with E-state index in [1.807, 2.05) is 73.0 Å². The number of aliphatic hydroxyl groups is 1. The average molecular weight is 349 g/mol. The van der Waals surface area contributed by atoms with E-state index < -0.39 is 6.10 Å². The highest BCUT2D eigenvalue weighted by Crippen LogP contribution is 2.19. The fraction of sp³-hybridized carbons (Fsp3) is 0.227. The second kappa shape index (κ2) is 8.02. The van der Waals surface area contributed by atoms with Crippen LogP contribution in [0.2, 0.25) is 0 Å². The van der Waals surface area contributed by atoms with Gasteiger partial charge in [0.2, 0.25) is 5.43 Å². The summed E-state index contributed by atoms with van der Waals surface area (Å²) in [6, 6.07) is 19.0. The van der Waals surface area contributed by atoms with Gasteiger partial charge in [-0.1, -0.05) is 60.2 Å². The number of ether oxygens (including phenoxy) is 1. The largest absolute Gasteiger partial charge is 0.483 e. The number of aryl methyl sites for hydroxylation is 1. The van der Waals surface area contributed by atoms with Gasteiger partial charge >= 0.3 is 0 Å². The maximum Gasteiger partial charge on any atom is 0.223 e. The first-order valence-corrected chi connectivity index (χ1v) is 8.66. The lowest BCUT2D eigenvalue weighted by Gasteiger charge is -2.18. The first-order chi connectivity index (χ1) is 12.5. The SMILES string of the molecule is Cc1ccc([C@@H](O)Cn2ccc(=O)c(OCc3ccccc3)c2C)cc1. The number of pyridine rings is 1. The molecule has 134 valence electrons. The van der Waals surface area contributed by atoms with Crippen molar-refractivity contribution < 1.29 is 9.84 Å². The van der Waals surface area contributed by atoms with Crippen molar-refractivity contribution in [1.82, 2.24) is 4.57 Å². The molecule has 0 radical (unpaired) electrons. The molecule has 0 bridgehead atoms. The first-order valence-electron chi connectivity index (χ1n) is 8.66. The van der Waals surface area contributed by atoms with Gasteiger partial charge in [-0.3, -0.25) is 4.79 Å². The van der Waals surface area contributed by atoms with E-state index >= 15 is 0 Å². The van der Waals surface area contributed by atoms with Crippen molar-refractivity contribution in [1.29, 1.82) is 0 Å². The van der Waals surface area contributed by atoms with Crippen LogP contribution in [-0.2, 0) is 13.2 Å². The maximum atomic E-state index is 12.2. The number of hydrogen-bond acceptors (Lipinski definition) is 3. The maximum absolute atomic E-state index is 12.2. The Balaban J connectivity index is 1.78. The third-order valence-corrected chi connectivity index (χ3v) is 4.45. The second-order valence-electron chi connectivity index (χ2n) is 6.45. The Labute approximate surface area is 153 Å². The Morgan fingerprint density at radius 2 is 1.69 bits per heavy atom. The van der Waals surface area contributed by atoms with Gasteiger partial charge in [-0.25, -0.2) is 0 Å². The molecule has 1 atom stereocenters. The molecule has 0 fully saturated rings. The molecule has 3 rings (SSSR count). The molecule has 0 unspecified atom stereocenters. The molecule has 2 aromatic carbocycles. The van der Waals surface area contributed by atoms with Crippen molar-refractivity contribution in [2.75, 3.05) is 0 Å². The van der Waals surface area contributed by atoms with Gasteiger partial charge in [0, 0.05) is 12.3 Å². The summed E-state index contributed by atoms with van der Waals surface area (Å²) in [7, 11) is 0. The van der Waals surface area contributed by atoms with E-state index in [-0.39, 0.29) is 5.43 Å². The number of benzene rings is 2. The van der Waals surface area contributed by atoms with E-state index in [9.17, 15) is 9.90 Å². The molecule has 4 heteroatoms. The quantitative estimate of drug-likeness (QED) is 0.737. The van der Waals surface area contributed by atoms with Crippen LogP contribution in [0.1, 0.15) is 28.5 Å². The molecule has 0 aliphatic rings. The minimum Gasteiger partial charge on any atom is -0.483 e. The molecule has 1 N–H and O–H groups in total. The van der Waals surface area contributed by atoms with E-state index in [1.165, 1.54) is 6.07 Å². The Hall–Kier alpha value is -2.85. The number of aliphatic hydroxyl groups excluding tert-OH is 1. The van der Waals surface area contributed by atoms with Crippen LogP contribution >= 0.6 is 0 Å². The van der Waals surface area contributed by atoms with Crippen molar-refractivity contribution in [3.8, 4) is 5.75 Å². The predicted molar refractivity (Wildman–Crippen MR) is 102 cm³/mol. The van der Waals surface area contributed by atoms with Gasteiger partial charge in [-0.15, -0.1) is 0 Å². The third kappa shape index (κ3) is 4.21. The summed E-state index contributed by atoms with van der Waals surface area (Å²) in [5.41, 5.74) is 3.55. The molecule has 0 amide bonds. The Kier molecular flexibility index (Phi) is 5.54. The average Bonchev–Trinajstić information content (AvgIpc) is 2.65. The highest BCUT2D eigenvalue weighted by molar-refractivity contribution is 5.29. The van der Waals surface area contributed by atoms with E-state index in [4.69, 9.17) is 4.74 Å². The van der Waals surface area contributed by atoms with Gasteiger partial charge in [0.05, 0.1) is 18.3 Å². The summed E-state index contributed by atoms with van der Waals surface area (Å²) < 4.78 is 7.64. The fourth-order valence-corrected chi connectivity index (χ4v) is 2.84. The zero-order chi connectivity index (χ0) is 18.5. The fourth-order valence-electron chi connectivity index (χ4n) is 2.84. The van der Waals surface area contributed by atoms with Gasteiger partial charge in [0.25, 0.3) is 0 Å². The molecule has 1 heterocycles. The topological polar surface area (TPSA) is 51.5 Å². The molecular formula is C22H23NO3. The van der Waals surface area contributed by atoms with E-state index in [0.29, 0.717) is 24.6 Å². The minimum absolute atomic E-state index is 0.153. The second-order valence-corrected chi connectivity index (χ2v) is 6.45. The van der Waals surface area contributed by atoms with Crippen molar-refractivity contribution in [2.45, 2.75) is 33.1 Å². The van der Waals surface area contributed by atoms with Gasteiger partial charge in [-0.05, 0) is 25.0 Å². The summed E-state index contributed by atoms with van der Waals surface area (Å²) >= 11 is 0. The standard InChI is InChI=1S/C22H23NO3/c1-16-8-10-19(11-9-16)21(25)14-23-13-12-20(24)22(17(23)2)26-15-18-6-4-3-5-7-18/h3-13,21,25H,14-15H2,1-2H3/t21-/m0/s1. The Bertz CT molecular complexity index is 914.